The minimum absolute atomic E-state index is 0.671. The molecule has 0 aliphatic heterocycles. The first kappa shape index (κ1) is 13.5. The number of rotatable bonds is 6. The lowest BCUT2D eigenvalue weighted by Crippen LogP contribution is -2.06. The molecule has 0 bridgehead atoms. The molecule has 0 aliphatic carbocycles. The molecule has 0 saturated carbocycles. The van der Waals surface area contributed by atoms with E-state index >= 15 is 0 Å². The van der Waals surface area contributed by atoms with Crippen molar-refractivity contribution in [3.63, 3.8) is 0 Å². The van der Waals surface area contributed by atoms with Crippen molar-refractivity contribution in [3.05, 3.63) is 34.9 Å². The zero-order valence-corrected chi connectivity index (χ0v) is 11.8. The van der Waals surface area contributed by atoms with Crippen LogP contribution >= 0.6 is 0 Å². The van der Waals surface area contributed by atoms with Gasteiger partial charge in [0.25, 0.3) is 0 Å². The minimum Gasteiger partial charge on any atom is -0.298 e. The quantitative estimate of drug-likeness (QED) is 0.747. The molecule has 2 heterocycles. The normalized spacial score (nSPS) is 10.9. The Morgan fingerprint density at radius 2 is 2.05 bits per heavy atom. The molecule has 5 nitrogen and oxygen atoms in total. The number of aromatic nitrogens is 4. The maximum absolute atomic E-state index is 11.2. The topological polar surface area (TPSA) is 52.7 Å². The van der Waals surface area contributed by atoms with Crippen LogP contribution in [0.3, 0.4) is 0 Å². The summed E-state index contributed by atoms with van der Waals surface area (Å²) in [4.78, 5) is 11.2. The molecule has 0 radical (unpaired) electrons. The third-order valence-corrected chi connectivity index (χ3v) is 3.31. The van der Waals surface area contributed by atoms with E-state index in [1.807, 2.05) is 28.7 Å². The second-order valence-corrected chi connectivity index (χ2v) is 4.49. The second-order valence-electron chi connectivity index (χ2n) is 4.49. The summed E-state index contributed by atoms with van der Waals surface area (Å²) < 4.78 is 3.82. The molecule has 0 aliphatic rings. The highest BCUT2D eigenvalue weighted by molar-refractivity contribution is 5.78. The molecule has 19 heavy (non-hydrogen) atoms. The highest BCUT2D eigenvalue weighted by atomic mass is 16.1. The van der Waals surface area contributed by atoms with Gasteiger partial charge in [-0.1, -0.05) is 13.8 Å². The Labute approximate surface area is 113 Å². The molecular formula is C14H20N4O. The summed E-state index contributed by atoms with van der Waals surface area (Å²) in [5, 5.41) is 8.81. The Kier molecular flexibility index (Phi) is 4.14. The number of aryl methyl sites for hydroxylation is 2. The van der Waals surface area contributed by atoms with Crippen LogP contribution in [-0.2, 0) is 25.9 Å². The third-order valence-electron chi connectivity index (χ3n) is 3.31. The SMILES string of the molecule is CCc1nn(Cc2cnn(CC)c2)c(CC)c1C=O. The highest BCUT2D eigenvalue weighted by Crippen LogP contribution is 2.15. The van der Waals surface area contributed by atoms with Gasteiger partial charge in [0.15, 0.2) is 6.29 Å². The monoisotopic (exact) mass is 260 g/mol. The van der Waals surface area contributed by atoms with E-state index in [9.17, 15) is 4.79 Å². The number of nitrogens with zero attached hydrogens (tertiary/aromatic N) is 4. The maximum Gasteiger partial charge on any atom is 0.153 e. The molecule has 2 rings (SSSR count). The van der Waals surface area contributed by atoms with E-state index in [0.29, 0.717) is 6.54 Å². The summed E-state index contributed by atoms with van der Waals surface area (Å²) in [7, 11) is 0. The van der Waals surface area contributed by atoms with Crippen molar-refractivity contribution in [3.8, 4) is 0 Å². The lowest BCUT2D eigenvalue weighted by Gasteiger charge is -2.04. The fourth-order valence-corrected chi connectivity index (χ4v) is 2.30. The summed E-state index contributed by atoms with van der Waals surface area (Å²) in [6.45, 7) is 7.66. The number of hydrogen-bond acceptors (Lipinski definition) is 3. The zero-order valence-electron chi connectivity index (χ0n) is 11.8. The average molecular weight is 260 g/mol. The first-order valence-electron chi connectivity index (χ1n) is 6.78. The van der Waals surface area contributed by atoms with Crippen molar-refractivity contribution < 1.29 is 4.79 Å². The standard InChI is InChI=1S/C14H20N4O/c1-4-13-12(10-19)14(5-2)18(16-13)9-11-7-15-17(6-3)8-11/h7-8,10H,4-6,9H2,1-3H3. The first-order valence-corrected chi connectivity index (χ1v) is 6.78. The van der Waals surface area contributed by atoms with Crippen LogP contribution in [0.1, 0.15) is 48.1 Å². The van der Waals surface area contributed by atoms with Crippen LogP contribution in [0.15, 0.2) is 12.4 Å². The molecule has 0 saturated heterocycles. The van der Waals surface area contributed by atoms with E-state index in [4.69, 9.17) is 0 Å². The Morgan fingerprint density at radius 1 is 1.26 bits per heavy atom. The molecule has 0 unspecified atom stereocenters. The van der Waals surface area contributed by atoms with Gasteiger partial charge >= 0.3 is 0 Å². The second kappa shape index (κ2) is 5.82. The molecule has 102 valence electrons. The van der Waals surface area contributed by atoms with Crippen molar-refractivity contribution in [2.45, 2.75) is 46.7 Å². The highest BCUT2D eigenvalue weighted by Gasteiger charge is 2.15. The van der Waals surface area contributed by atoms with Crippen molar-refractivity contribution in [1.29, 1.82) is 0 Å². The molecule has 0 atom stereocenters. The van der Waals surface area contributed by atoms with Gasteiger partial charge in [-0.25, -0.2) is 0 Å². The Morgan fingerprint density at radius 3 is 2.58 bits per heavy atom. The predicted molar refractivity (Wildman–Crippen MR) is 73.4 cm³/mol. The van der Waals surface area contributed by atoms with Crippen molar-refractivity contribution in [1.82, 2.24) is 19.6 Å². The molecule has 0 N–H and O–H groups in total. The van der Waals surface area contributed by atoms with Gasteiger partial charge in [0.1, 0.15) is 0 Å². The Balaban J connectivity index is 2.33. The van der Waals surface area contributed by atoms with E-state index in [2.05, 4.69) is 24.0 Å². The van der Waals surface area contributed by atoms with Gasteiger partial charge < -0.3 is 0 Å². The number of carbonyl (C=O) groups is 1. The van der Waals surface area contributed by atoms with Gasteiger partial charge in [-0.3, -0.25) is 14.2 Å². The minimum atomic E-state index is 0.671. The molecule has 0 amide bonds. The Bertz CT molecular complexity index is 568. The van der Waals surface area contributed by atoms with E-state index in [1.54, 1.807) is 0 Å². The smallest absolute Gasteiger partial charge is 0.153 e. The van der Waals surface area contributed by atoms with Gasteiger partial charge in [-0.05, 0) is 19.8 Å². The van der Waals surface area contributed by atoms with Gasteiger partial charge in [0, 0.05) is 24.0 Å². The summed E-state index contributed by atoms with van der Waals surface area (Å²) in [6, 6.07) is 0. The van der Waals surface area contributed by atoms with Crippen molar-refractivity contribution >= 4 is 6.29 Å². The van der Waals surface area contributed by atoms with Crippen LogP contribution in [0.25, 0.3) is 0 Å². The van der Waals surface area contributed by atoms with E-state index in [1.165, 1.54) is 0 Å². The van der Waals surface area contributed by atoms with Crippen LogP contribution in [0.2, 0.25) is 0 Å². The van der Waals surface area contributed by atoms with Crippen LogP contribution < -0.4 is 0 Å². The van der Waals surface area contributed by atoms with Crippen LogP contribution in [0.5, 0.6) is 0 Å². The average Bonchev–Trinajstić information content (AvgIpc) is 3.02. The fourth-order valence-electron chi connectivity index (χ4n) is 2.30. The Hall–Kier alpha value is -1.91. The number of hydrogen-bond donors (Lipinski definition) is 0. The fraction of sp³-hybridized carbons (Fsp3) is 0.500. The van der Waals surface area contributed by atoms with Crippen molar-refractivity contribution in [2.24, 2.45) is 0 Å². The number of aldehydes is 1. The van der Waals surface area contributed by atoms with Gasteiger partial charge in [0.2, 0.25) is 0 Å². The molecular weight excluding hydrogens is 240 g/mol. The predicted octanol–water partition coefficient (Wildman–Crippen LogP) is 2.09. The molecule has 0 spiro atoms. The van der Waals surface area contributed by atoms with Gasteiger partial charge in [-0.15, -0.1) is 0 Å². The molecule has 5 heteroatoms. The van der Waals surface area contributed by atoms with Crippen LogP contribution in [0, 0.1) is 0 Å². The van der Waals surface area contributed by atoms with Gasteiger partial charge in [-0.2, -0.15) is 10.2 Å². The van der Waals surface area contributed by atoms with E-state index in [-0.39, 0.29) is 0 Å². The summed E-state index contributed by atoms with van der Waals surface area (Å²) in [6.07, 6.45) is 6.39. The van der Waals surface area contributed by atoms with Crippen LogP contribution in [0.4, 0.5) is 0 Å². The molecule has 0 fully saturated rings. The number of carbonyl (C=O) groups excluding carboxylic acids is 1. The molecule has 0 aromatic carbocycles. The maximum atomic E-state index is 11.2. The largest absolute Gasteiger partial charge is 0.298 e. The first-order chi connectivity index (χ1) is 9.23. The van der Waals surface area contributed by atoms with E-state index < -0.39 is 0 Å². The lowest BCUT2D eigenvalue weighted by atomic mass is 10.1. The third kappa shape index (κ3) is 2.59. The zero-order chi connectivity index (χ0) is 13.8. The van der Waals surface area contributed by atoms with Crippen LogP contribution in [-0.4, -0.2) is 25.8 Å². The van der Waals surface area contributed by atoms with Crippen molar-refractivity contribution in [2.75, 3.05) is 0 Å². The lowest BCUT2D eigenvalue weighted by molar-refractivity contribution is 0.112. The molecule has 2 aromatic rings. The summed E-state index contributed by atoms with van der Waals surface area (Å²) in [5.41, 5.74) is 3.76. The van der Waals surface area contributed by atoms with Gasteiger partial charge in [0.05, 0.1) is 24.0 Å². The summed E-state index contributed by atoms with van der Waals surface area (Å²) >= 11 is 0. The van der Waals surface area contributed by atoms with E-state index in [0.717, 1.165) is 48.2 Å². The summed E-state index contributed by atoms with van der Waals surface area (Å²) in [5.74, 6) is 0. The molecule has 2 aromatic heterocycles.